The first-order valence-corrected chi connectivity index (χ1v) is 8.99. The van der Waals surface area contributed by atoms with Gasteiger partial charge < -0.3 is 10.0 Å². The Hall–Kier alpha value is -0.660. The number of aliphatic hydroxyl groups excluding tert-OH is 1. The molecule has 1 aromatic carbocycles. The molecule has 118 valence electrons. The van der Waals surface area contributed by atoms with Crippen LogP contribution in [0.5, 0.6) is 0 Å². The highest BCUT2D eigenvalue weighted by atomic mass is 35.5. The van der Waals surface area contributed by atoms with Crippen LogP contribution in [0.2, 0.25) is 5.02 Å². The number of hydrogen-bond donors (Lipinski definition) is 2. The van der Waals surface area contributed by atoms with E-state index in [2.05, 4.69) is 9.62 Å². The zero-order chi connectivity index (χ0) is 15.3. The SMILES string of the molecule is O=S(=O)(NCCCN1CCCC(O)C1)c1ccc(Cl)cc1. The van der Waals surface area contributed by atoms with Gasteiger partial charge >= 0.3 is 0 Å². The van der Waals surface area contributed by atoms with Gasteiger partial charge in [0.05, 0.1) is 11.0 Å². The largest absolute Gasteiger partial charge is 0.392 e. The van der Waals surface area contributed by atoms with Gasteiger partial charge in [-0.25, -0.2) is 13.1 Å². The lowest BCUT2D eigenvalue weighted by atomic mass is 10.1. The highest BCUT2D eigenvalue weighted by Gasteiger charge is 2.17. The van der Waals surface area contributed by atoms with E-state index in [9.17, 15) is 13.5 Å². The second-order valence-electron chi connectivity index (χ2n) is 5.30. The number of β-amino-alcohol motifs (C(OH)–C–C–N with tert-alkyl or cyclic N) is 1. The van der Waals surface area contributed by atoms with Crippen LogP contribution in [-0.2, 0) is 10.0 Å². The van der Waals surface area contributed by atoms with Gasteiger partial charge in [-0.05, 0) is 56.6 Å². The van der Waals surface area contributed by atoms with Crippen molar-refractivity contribution < 1.29 is 13.5 Å². The number of likely N-dealkylation sites (tertiary alicyclic amines) is 1. The normalized spacial score (nSPS) is 20.6. The number of benzene rings is 1. The van der Waals surface area contributed by atoms with Gasteiger partial charge in [-0.3, -0.25) is 0 Å². The van der Waals surface area contributed by atoms with Crippen LogP contribution in [0.3, 0.4) is 0 Å². The van der Waals surface area contributed by atoms with Crippen molar-refractivity contribution in [3.63, 3.8) is 0 Å². The van der Waals surface area contributed by atoms with Gasteiger partial charge in [0.15, 0.2) is 0 Å². The number of aliphatic hydroxyl groups is 1. The number of nitrogens with one attached hydrogen (secondary N) is 1. The molecular weight excluding hydrogens is 312 g/mol. The van der Waals surface area contributed by atoms with E-state index in [1.54, 1.807) is 12.1 Å². The average Bonchev–Trinajstić information content (AvgIpc) is 2.44. The summed E-state index contributed by atoms with van der Waals surface area (Å²) < 4.78 is 26.7. The number of nitrogens with zero attached hydrogens (tertiary/aromatic N) is 1. The van der Waals surface area contributed by atoms with E-state index in [-0.39, 0.29) is 11.0 Å². The Morgan fingerprint density at radius 2 is 2.05 bits per heavy atom. The minimum absolute atomic E-state index is 0.222. The molecule has 1 atom stereocenters. The van der Waals surface area contributed by atoms with E-state index in [1.165, 1.54) is 12.1 Å². The molecule has 5 nitrogen and oxygen atoms in total. The summed E-state index contributed by atoms with van der Waals surface area (Å²) in [4.78, 5) is 2.39. The predicted molar refractivity (Wildman–Crippen MR) is 82.9 cm³/mol. The maximum absolute atomic E-state index is 12.0. The Balaban J connectivity index is 1.76. The molecule has 0 spiro atoms. The van der Waals surface area contributed by atoms with Crippen LogP contribution in [0, 0.1) is 0 Å². The lowest BCUT2D eigenvalue weighted by Gasteiger charge is -2.29. The zero-order valence-corrected chi connectivity index (χ0v) is 13.4. The Kier molecular flexibility index (Phi) is 6.01. The molecule has 1 aliphatic heterocycles. The van der Waals surface area contributed by atoms with Crippen LogP contribution in [-0.4, -0.2) is 50.7 Å². The summed E-state index contributed by atoms with van der Waals surface area (Å²) in [5.74, 6) is 0. The predicted octanol–water partition coefficient (Wildman–Crippen LogP) is 1.47. The van der Waals surface area contributed by atoms with Crippen molar-refractivity contribution in [1.29, 1.82) is 0 Å². The van der Waals surface area contributed by atoms with Crippen molar-refractivity contribution >= 4 is 21.6 Å². The topological polar surface area (TPSA) is 69.6 Å². The molecule has 0 aliphatic carbocycles. The smallest absolute Gasteiger partial charge is 0.240 e. The van der Waals surface area contributed by atoms with Crippen molar-refractivity contribution in [1.82, 2.24) is 9.62 Å². The minimum Gasteiger partial charge on any atom is -0.392 e. The van der Waals surface area contributed by atoms with Crippen LogP contribution >= 0.6 is 11.6 Å². The first kappa shape index (κ1) is 16.7. The molecule has 1 heterocycles. The molecular formula is C14H21ClN2O3S. The van der Waals surface area contributed by atoms with E-state index >= 15 is 0 Å². The number of hydrogen-bond acceptors (Lipinski definition) is 4. The summed E-state index contributed by atoms with van der Waals surface area (Å²) in [6.45, 7) is 2.84. The first-order valence-electron chi connectivity index (χ1n) is 7.13. The van der Waals surface area contributed by atoms with Gasteiger partial charge in [0.1, 0.15) is 0 Å². The fourth-order valence-electron chi connectivity index (χ4n) is 2.44. The summed E-state index contributed by atoms with van der Waals surface area (Å²) >= 11 is 5.75. The molecule has 1 aliphatic rings. The summed E-state index contributed by atoms with van der Waals surface area (Å²) in [6, 6.07) is 6.10. The number of piperidine rings is 1. The van der Waals surface area contributed by atoms with Gasteiger partial charge in [0, 0.05) is 18.1 Å². The summed E-state index contributed by atoms with van der Waals surface area (Å²) in [5, 5.41) is 10.1. The van der Waals surface area contributed by atoms with Crippen LogP contribution in [0.1, 0.15) is 19.3 Å². The molecule has 1 fully saturated rings. The molecule has 0 aromatic heterocycles. The lowest BCUT2D eigenvalue weighted by Crippen LogP contribution is -2.39. The molecule has 1 aromatic rings. The lowest BCUT2D eigenvalue weighted by molar-refractivity contribution is 0.0704. The van der Waals surface area contributed by atoms with E-state index in [4.69, 9.17) is 11.6 Å². The van der Waals surface area contributed by atoms with Gasteiger partial charge in [0.25, 0.3) is 0 Å². The van der Waals surface area contributed by atoms with Crippen molar-refractivity contribution in [2.45, 2.75) is 30.3 Å². The molecule has 0 saturated carbocycles. The Morgan fingerprint density at radius 1 is 1.33 bits per heavy atom. The van der Waals surface area contributed by atoms with E-state index < -0.39 is 10.0 Å². The second-order valence-corrected chi connectivity index (χ2v) is 7.51. The van der Waals surface area contributed by atoms with E-state index in [1.807, 2.05) is 0 Å². The average molecular weight is 333 g/mol. The summed E-state index contributed by atoms with van der Waals surface area (Å²) in [7, 11) is -3.47. The Morgan fingerprint density at radius 3 is 2.71 bits per heavy atom. The molecule has 21 heavy (non-hydrogen) atoms. The third-order valence-corrected chi connectivity index (χ3v) is 5.28. The highest BCUT2D eigenvalue weighted by Crippen LogP contribution is 2.14. The van der Waals surface area contributed by atoms with Crippen LogP contribution < -0.4 is 4.72 Å². The maximum atomic E-state index is 12.0. The Bertz CT molecular complexity index is 548. The monoisotopic (exact) mass is 332 g/mol. The fourth-order valence-corrected chi connectivity index (χ4v) is 3.64. The van der Waals surface area contributed by atoms with Gasteiger partial charge in [-0.15, -0.1) is 0 Å². The Labute approximate surface area is 131 Å². The molecule has 2 N–H and O–H groups in total. The van der Waals surface area contributed by atoms with Gasteiger partial charge in [-0.2, -0.15) is 0 Å². The number of halogens is 1. The third kappa shape index (κ3) is 5.23. The van der Waals surface area contributed by atoms with Crippen molar-refractivity contribution in [2.24, 2.45) is 0 Å². The molecule has 1 unspecified atom stereocenters. The van der Waals surface area contributed by atoms with Crippen molar-refractivity contribution in [2.75, 3.05) is 26.2 Å². The second kappa shape index (κ2) is 7.56. The van der Waals surface area contributed by atoms with Crippen LogP contribution in [0.15, 0.2) is 29.2 Å². The molecule has 0 radical (unpaired) electrons. The first-order chi connectivity index (χ1) is 9.97. The third-order valence-electron chi connectivity index (χ3n) is 3.55. The fraction of sp³-hybridized carbons (Fsp3) is 0.571. The van der Waals surface area contributed by atoms with Crippen molar-refractivity contribution in [3.05, 3.63) is 29.3 Å². The van der Waals surface area contributed by atoms with Crippen molar-refractivity contribution in [3.8, 4) is 0 Å². The molecule has 0 amide bonds. The molecule has 0 bridgehead atoms. The quantitative estimate of drug-likeness (QED) is 0.774. The van der Waals surface area contributed by atoms with Gasteiger partial charge in [0.2, 0.25) is 10.0 Å². The number of rotatable bonds is 6. The molecule has 7 heteroatoms. The maximum Gasteiger partial charge on any atom is 0.240 e. The zero-order valence-electron chi connectivity index (χ0n) is 11.8. The summed E-state index contributed by atoms with van der Waals surface area (Å²) in [6.07, 6.45) is 2.33. The van der Waals surface area contributed by atoms with Crippen LogP contribution in [0.4, 0.5) is 0 Å². The molecule has 2 rings (SSSR count). The standard InChI is InChI=1S/C14H21ClN2O3S/c15-12-4-6-14(7-5-12)21(19,20)16-8-2-10-17-9-1-3-13(18)11-17/h4-7,13,16,18H,1-3,8-11H2. The summed E-state index contributed by atoms with van der Waals surface area (Å²) in [5.41, 5.74) is 0. The van der Waals surface area contributed by atoms with Gasteiger partial charge in [-0.1, -0.05) is 11.6 Å². The molecule has 1 saturated heterocycles. The van der Waals surface area contributed by atoms with E-state index in [0.717, 1.165) is 32.4 Å². The van der Waals surface area contributed by atoms with Crippen LogP contribution in [0.25, 0.3) is 0 Å². The number of sulfonamides is 1. The minimum atomic E-state index is -3.47. The highest BCUT2D eigenvalue weighted by molar-refractivity contribution is 7.89. The van der Waals surface area contributed by atoms with E-state index in [0.29, 0.717) is 18.1 Å².